The largest absolute Gasteiger partial charge is 0.357 e. The molecule has 3 aromatic heterocycles. The van der Waals surface area contributed by atoms with Gasteiger partial charge >= 0.3 is 0 Å². The molecule has 270 valence electrons. The third kappa shape index (κ3) is 5.09. The second kappa shape index (κ2) is 13.1. The van der Waals surface area contributed by atoms with Crippen LogP contribution < -0.4 is 10.7 Å². The Kier molecular flexibility index (Phi) is 7.54. The third-order valence-corrected chi connectivity index (χ3v) is 11.7. The summed E-state index contributed by atoms with van der Waals surface area (Å²) >= 11 is 0. The summed E-state index contributed by atoms with van der Waals surface area (Å²) in [6.07, 6.45) is 6.31. The highest BCUT2D eigenvalue weighted by Crippen LogP contribution is 2.55. The summed E-state index contributed by atoms with van der Waals surface area (Å²) in [5, 5.41) is 1.90. The van der Waals surface area contributed by atoms with Crippen LogP contribution in [0, 0.1) is 0 Å². The number of rotatable bonds is 5. The molecule has 0 saturated carbocycles. The minimum atomic E-state index is -0.906. The van der Waals surface area contributed by atoms with Crippen molar-refractivity contribution in [2.45, 2.75) is 11.3 Å². The Hall–Kier alpha value is -7.50. The highest BCUT2D eigenvalue weighted by atomic mass is 16.2. The number of nitrogens with one attached hydrogen (secondary N) is 2. The van der Waals surface area contributed by atoms with Crippen molar-refractivity contribution in [1.29, 1.82) is 0 Å². The molecule has 11 rings (SSSR count). The van der Waals surface area contributed by atoms with Crippen molar-refractivity contribution < 1.29 is 4.79 Å². The van der Waals surface area contributed by atoms with E-state index in [1.54, 1.807) is 0 Å². The number of hydrogen-bond donors (Lipinski definition) is 2. The number of aromatic amines is 2. The molecule has 5 aromatic carbocycles. The predicted octanol–water partition coefficient (Wildman–Crippen LogP) is 9.15. The minimum absolute atomic E-state index is 0.0254. The molecule has 57 heavy (non-hydrogen) atoms. The van der Waals surface area contributed by atoms with Gasteiger partial charge in [0, 0.05) is 56.3 Å². The van der Waals surface area contributed by atoms with Gasteiger partial charge in [-0.2, -0.15) is 0 Å². The molecule has 2 atom stereocenters. The maximum absolute atomic E-state index is 15.3. The maximum atomic E-state index is 15.3. The lowest BCUT2D eigenvalue weighted by Crippen LogP contribution is -2.35. The third-order valence-electron chi connectivity index (χ3n) is 11.7. The van der Waals surface area contributed by atoms with Crippen LogP contribution >= 0.6 is 0 Å². The number of benzene rings is 5. The van der Waals surface area contributed by atoms with Gasteiger partial charge in [-0.15, -0.1) is 0 Å². The Morgan fingerprint density at radius 2 is 1.09 bits per heavy atom. The number of H-pyrrole nitrogens is 2. The summed E-state index contributed by atoms with van der Waals surface area (Å²) in [5.41, 5.74) is 12.7. The number of carbonyl (C=O) groups is 1. The first-order valence-electron chi connectivity index (χ1n) is 19.4. The summed E-state index contributed by atoms with van der Waals surface area (Å²) in [6, 6.07) is 63.0. The van der Waals surface area contributed by atoms with E-state index in [2.05, 4.69) is 168 Å². The van der Waals surface area contributed by atoms with Crippen molar-refractivity contribution in [2.24, 2.45) is 4.99 Å². The van der Waals surface area contributed by atoms with E-state index >= 15 is 4.79 Å². The quantitative estimate of drug-likeness (QED) is 0.182. The highest BCUT2D eigenvalue weighted by Gasteiger charge is 2.56. The number of fused-ring (bicyclic) bond motifs is 7. The van der Waals surface area contributed by atoms with Crippen molar-refractivity contribution >= 4 is 28.3 Å². The van der Waals surface area contributed by atoms with Crippen LogP contribution in [0.2, 0.25) is 0 Å². The Labute approximate surface area is 330 Å². The molecule has 0 aliphatic carbocycles. The molecule has 3 aliphatic rings. The first kappa shape index (κ1) is 32.9. The molecule has 0 fully saturated rings. The van der Waals surface area contributed by atoms with Gasteiger partial charge in [-0.25, -0.2) is 4.99 Å². The first-order chi connectivity index (χ1) is 28.2. The number of aliphatic imine (C=N–C) groups is 1. The zero-order chi connectivity index (χ0) is 37.9. The number of carbonyl (C=O) groups excluding carboxylic acids is 1. The number of allylic oxidation sites excluding steroid dienone is 2. The van der Waals surface area contributed by atoms with Crippen molar-refractivity contribution in [2.75, 3.05) is 0 Å². The maximum Gasteiger partial charge on any atom is 0.240 e. The van der Waals surface area contributed by atoms with E-state index in [9.17, 15) is 0 Å². The second-order valence-electron chi connectivity index (χ2n) is 14.9. The fraction of sp³-hybridized carbons (Fsp3) is 0.0385. The zero-order valence-corrected chi connectivity index (χ0v) is 30.9. The molecule has 5 nitrogen and oxygen atoms in total. The minimum Gasteiger partial charge on any atom is -0.357 e. The molecule has 2 N–H and O–H groups in total. The van der Waals surface area contributed by atoms with Crippen LogP contribution in [0.3, 0.4) is 0 Å². The lowest BCUT2D eigenvalue weighted by atomic mass is 9.65. The van der Waals surface area contributed by atoms with Crippen LogP contribution in [-0.2, 0) is 5.41 Å². The van der Waals surface area contributed by atoms with Gasteiger partial charge in [-0.1, -0.05) is 152 Å². The number of hydrogen-bond acceptors (Lipinski definition) is 2. The van der Waals surface area contributed by atoms with Crippen LogP contribution in [0.1, 0.15) is 61.2 Å². The van der Waals surface area contributed by atoms with Crippen LogP contribution in [0.25, 0.3) is 16.7 Å². The van der Waals surface area contributed by atoms with E-state index in [1.807, 2.05) is 47.0 Å². The number of aromatic nitrogens is 3. The summed E-state index contributed by atoms with van der Waals surface area (Å²) in [5.74, 6) is -0.517. The Morgan fingerprint density at radius 1 is 0.526 bits per heavy atom. The number of nitrogens with zero attached hydrogens (tertiary/aromatic N) is 2. The molecule has 2 unspecified atom stereocenters. The lowest BCUT2D eigenvalue weighted by molar-refractivity contribution is 0.0889. The molecule has 8 bridgehead atoms. The van der Waals surface area contributed by atoms with E-state index < -0.39 is 11.3 Å². The Morgan fingerprint density at radius 3 is 1.74 bits per heavy atom. The molecule has 0 amide bonds. The first-order valence-corrected chi connectivity index (χ1v) is 19.4. The topological polar surface area (TPSA) is 65.9 Å². The van der Waals surface area contributed by atoms with Crippen LogP contribution in [0.4, 0.5) is 0 Å². The lowest BCUT2D eigenvalue weighted by Gasteiger charge is -2.35. The van der Waals surface area contributed by atoms with E-state index in [1.165, 1.54) is 0 Å². The molecular formula is C52H36N4O. The van der Waals surface area contributed by atoms with E-state index in [-0.39, 0.29) is 5.91 Å². The second-order valence-corrected chi connectivity index (χ2v) is 14.9. The van der Waals surface area contributed by atoms with Crippen molar-refractivity contribution in [1.82, 2.24) is 14.5 Å². The molecule has 5 heteroatoms. The Bertz CT molecular complexity index is 3060. The molecule has 6 heterocycles. The van der Waals surface area contributed by atoms with E-state index in [4.69, 9.17) is 4.99 Å². The van der Waals surface area contributed by atoms with E-state index in [0.717, 1.165) is 89.3 Å². The summed E-state index contributed by atoms with van der Waals surface area (Å²) in [7, 11) is 0. The standard InChI is InChI=1S/C52H36N4O/c57-51-50(37-22-12-4-13-23-37)52(39-24-14-5-15-25-39)45-31-30-44(55-45)49(36-20-10-3-11-21-36)43-29-28-42(54-43)48(35-18-8-2-9-19-35)41-27-26-40(53-41)47(34-16-6-1-7-17-34)38-32-46(52)56(51)33-38/h1-33,50,53,55H/b47-40-,48-41-,49-43-. The molecule has 0 spiro atoms. The normalized spacial score (nSPS) is 21.5. The molecule has 8 aromatic rings. The van der Waals surface area contributed by atoms with Gasteiger partial charge in [0.15, 0.2) is 0 Å². The van der Waals surface area contributed by atoms with Crippen molar-refractivity contribution in [3.05, 3.63) is 267 Å². The monoisotopic (exact) mass is 732 g/mol. The van der Waals surface area contributed by atoms with Gasteiger partial charge in [0.25, 0.3) is 0 Å². The highest BCUT2D eigenvalue weighted by molar-refractivity contribution is 6.30. The predicted molar refractivity (Wildman–Crippen MR) is 227 cm³/mol. The molecular weight excluding hydrogens is 697 g/mol. The Balaban J connectivity index is 1.32. The van der Waals surface area contributed by atoms with E-state index in [0.29, 0.717) is 0 Å². The molecule has 3 aliphatic heterocycles. The van der Waals surface area contributed by atoms with Gasteiger partial charge in [0.05, 0.1) is 22.7 Å². The van der Waals surface area contributed by atoms with Gasteiger partial charge in [-0.05, 0) is 70.3 Å². The van der Waals surface area contributed by atoms with Crippen molar-refractivity contribution in [3.63, 3.8) is 0 Å². The van der Waals surface area contributed by atoms with Gasteiger partial charge in [-0.3, -0.25) is 9.36 Å². The average molecular weight is 733 g/mol. The van der Waals surface area contributed by atoms with Crippen LogP contribution in [0.5, 0.6) is 0 Å². The smallest absolute Gasteiger partial charge is 0.240 e. The summed E-state index contributed by atoms with van der Waals surface area (Å²) < 4.78 is 1.92. The fourth-order valence-electron chi connectivity index (χ4n) is 9.33. The van der Waals surface area contributed by atoms with Gasteiger partial charge in [0.1, 0.15) is 0 Å². The van der Waals surface area contributed by atoms with Crippen LogP contribution in [0.15, 0.2) is 211 Å². The van der Waals surface area contributed by atoms with Crippen LogP contribution in [-0.4, -0.2) is 26.2 Å². The average Bonchev–Trinajstić information content (AvgIpc) is 4.13. The zero-order valence-electron chi connectivity index (χ0n) is 30.9. The fourth-order valence-corrected chi connectivity index (χ4v) is 9.33. The SMILES string of the molecule is O=C1C(c2ccccc2)C2(c3ccccc3)c3ccc([nH]3)/C(c3ccccc3)=C3/C=CC(=N3)/C(c3ccccc3)=c3/cc/c([nH]3)=C(\c3ccccc3)c3cc2n1c3. The summed E-state index contributed by atoms with van der Waals surface area (Å²) in [6.45, 7) is 0. The molecule has 0 saturated heterocycles. The summed E-state index contributed by atoms with van der Waals surface area (Å²) in [4.78, 5) is 28.6. The van der Waals surface area contributed by atoms with Gasteiger partial charge < -0.3 is 9.97 Å². The van der Waals surface area contributed by atoms with Gasteiger partial charge in [0.2, 0.25) is 5.91 Å². The molecule has 0 radical (unpaired) electrons. The van der Waals surface area contributed by atoms with Crippen molar-refractivity contribution in [3.8, 4) is 0 Å².